The van der Waals surface area contributed by atoms with Gasteiger partial charge in [-0.15, -0.1) is 11.3 Å². The summed E-state index contributed by atoms with van der Waals surface area (Å²) < 4.78 is 5.20. The average molecular weight is 377 g/mol. The Bertz CT molecular complexity index is 1100. The zero-order chi connectivity index (χ0) is 18.6. The molecule has 0 radical (unpaired) electrons. The molecule has 0 saturated carbocycles. The van der Waals surface area contributed by atoms with Gasteiger partial charge in [0.2, 0.25) is 0 Å². The molecule has 0 atom stereocenters. The second-order valence-electron chi connectivity index (χ2n) is 6.16. The highest BCUT2D eigenvalue weighted by molar-refractivity contribution is 7.17. The fourth-order valence-corrected chi connectivity index (χ4v) is 3.95. The predicted molar refractivity (Wildman–Crippen MR) is 109 cm³/mol. The number of aromatic amines is 1. The van der Waals surface area contributed by atoms with Crippen LogP contribution >= 0.6 is 11.3 Å². The molecule has 0 bridgehead atoms. The van der Waals surface area contributed by atoms with Crippen molar-refractivity contribution in [1.82, 2.24) is 15.3 Å². The molecule has 0 spiro atoms. The van der Waals surface area contributed by atoms with E-state index >= 15 is 0 Å². The van der Waals surface area contributed by atoms with Crippen LogP contribution in [0.1, 0.15) is 11.4 Å². The molecule has 2 heterocycles. The molecule has 2 aromatic carbocycles. The largest absolute Gasteiger partial charge is 0.497 e. The topological polar surface area (TPSA) is 67.0 Å². The molecule has 136 valence electrons. The Morgan fingerprint density at radius 3 is 2.59 bits per heavy atom. The first-order valence-electron chi connectivity index (χ1n) is 8.64. The summed E-state index contributed by atoms with van der Waals surface area (Å²) in [6.45, 7) is 1.24. The van der Waals surface area contributed by atoms with Gasteiger partial charge in [0.15, 0.2) is 0 Å². The Labute approximate surface area is 160 Å². The van der Waals surface area contributed by atoms with Crippen molar-refractivity contribution >= 4 is 21.6 Å². The lowest BCUT2D eigenvalue weighted by Crippen LogP contribution is -2.19. The van der Waals surface area contributed by atoms with Gasteiger partial charge >= 0.3 is 0 Å². The number of nitrogens with one attached hydrogen (secondary N) is 2. The van der Waals surface area contributed by atoms with E-state index in [2.05, 4.69) is 27.4 Å². The lowest BCUT2D eigenvalue weighted by atomic mass is 10.1. The number of rotatable bonds is 6. The summed E-state index contributed by atoms with van der Waals surface area (Å²) in [5.41, 5.74) is 2.96. The van der Waals surface area contributed by atoms with Crippen molar-refractivity contribution in [1.29, 1.82) is 0 Å². The standard InChI is InChI=1S/C21H19N3O2S/c1-26-16-9-7-15(8-10-16)17-13-27-21-19(17)20(25)23-18(24-21)12-22-11-14-5-3-2-4-6-14/h2-10,13,22H,11-12H2,1H3,(H,23,24,25). The lowest BCUT2D eigenvalue weighted by molar-refractivity contribution is 0.415. The van der Waals surface area contributed by atoms with Crippen molar-refractivity contribution < 1.29 is 4.74 Å². The van der Waals surface area contributed by atoms with E-state index in [0.717, 1.165) is 28.3 Å². The lowest BCUT2D eigenvalue weighted by Gasteiger charge is -2.05. The molecule has 0 unspecified atom stereocenters. The van der Waals surface area contributed by atoms with Gasteiger partial charge in [-0.05, 0) is 23.3 Å². The van der Waals surface area contributed by atoms with Crippen LogP contribution in [0.15, 0.2) is 64.8 Å². The molecule has 0 aliphatic rings. The minimum absolute atomic E-state index is 0.108. The number of aromatic nitrogens is 2. The molecular weight excluding hydrogens is 358 g/mol. The predicted octanol–water partition coefficient (Wildman–Crippen LogP) is 3.95. The molecule has 4 rings (SSSR count). The summed E-state index contributed by atoms with van der Waals surface area (Å²) in [4.78, 5) is 21.0. The van der Waals surface area contributed by atoms with Crippen LogP contribution in [0.3, 0.4) is 0 Å². The van der Waals surface area contributed by atoms with E-state index in [1.807, 2.05) is 47.8 Å². The van der Waals surface area contributed by atoms with E-state index in [1.54, 1.807) is 7.11 Å². The molecule has 0 saturated heterocycles. The van der Waals surface area contributed by atoms with Crippen LogP contribution < -0.4 is 15.6 Å². The van der Waals surface area contributed by atoms with Gasteiger partial charge in [-0.1, -0.05) is 42.5 Å². The zero-order valence-corrected chi connectivity index (χ0v) is 15.7. The molecule has 2 aromatic heterocycles. The zero-order valence-electron chi connectivity index (χ0n) is 14.9. The Balaban J connectivity index is 1.56. The van der Waals surface area contributed by atoms with Gasteiger partial charge in [0.1, 0.15) is 16.4 Å². The van der Waals surface area contributed by atoms with E-state index in [1.165, 1.54) is 16.9 Å². The maximum Gasteiger partial charge on any atom is 0.260 e. The van der Waals surface area contributed by atoms with E-state index < -0.39 is 0 Å². The Kier molecular flexibility index (Phi) is 5.00. The van der Waals surface area contributed by atoms with E-state index in [-0.39, 0.29) is 5.56 Å². The summed E-state index contributed by atoms with van der Waals surface area (Å²) in [7, 11) is 1.64. The van der Waals surface area contributed by atoms with Gasteiger partial charge in [0.05, 0.1) is 19.0 Å². The molecule has 0 fully saturated rings. The van der Waals surface area contributed by atoms with Crippen LogP contribution in [0.25, 0.3) is 21.3 Å². The number of fused-ring (bicyclic) bond motifs is 1. The quantitative estimate of drug-likeness (QED) is 0.534. The Morgan fingerprint density at radius 1 is 1.07 bits per heavy atom. The summed E-state index contributed by atoms with van der Waals surface area (Å²) in [5, 5.41) is 5.94. The molecule has 2 N–H and O–H groups in total. The number of hydrogen-bond donors (Lipinski definition) is 2. The molecule has 0 amide bonds. The number of benzene rings is 2. The fraction of sp³-hybridized carbons (Fsp3) is 0.143. The first-order chi connectivity index (χ1) is 13.2. The van der Waals surface area contributed by atoms with Crippen LogP contribution in [-0.2, 0) is 13.1 Å². The van der Waals surface area contributed by atoms with Crippen LogP contribution in [-0.4, -0.2) is 17.1 Å². The Morgan fingerprint density at radius 2 is 1.85 bits per heavy atom. The first-order valence-corrected chi connectivity index (χ1v) is 9.52. The first kappa shape index (κ1) is 17.5. The van der Waals surface area contributed by atoms with Gasteiger partial charge in [-0.2, -0.15) is 0 Å². The maximum atomic E-state index is 12.7. The highest BCUT2D eigenvalue weighted by Gasteiger charge is 2.13. The van der Waals surface area contributed by atoms with Crippen molar-refractivity contribution in [2.75, 3.05) is 7.11 Å². The third-order valence-electron chi connectivity index (χ3n) is 4.36. The monoisotopic (exact) mass is 377 g/mol. The highest BCUT2D eigenvalue weighted by atomic mass is 32.1. The molecule has 4 aromatic rings. The third kappa shape index (κ3) is 3.77. The second-order valence-corrected chi connectivity index (χ2v) is 7.02. The Hall–Kier alpha value is -2.96. The fourth-order valence-electron chi connectivity index (χ4n) is 2.98. The van der Waals surface area contributed by atoms with Gasteiger partial charge in [0, 0.05) is 17.5 Å². The summed E-state index contributed by atoms with van der Waals surface area (Å²) in [6, 6.07) is 17.8. The van der Waals surface area contributed by atoms with Crippen LogP contribution in [0.5, 0.6) is 5.75 Å². The van der Waals surface area contributed by atoms with E-state index in [4.69, 9.17) is 4.74 Å². The SMILES string of the molecule is COc1ccc(-c2csc3nc(CNCc4ccccc4)[nH]c(=O)c23)cc1. The normalized spacial score (nSPS) is 11.0. The molecule has 0 aliphatic carbocycles. The van der Waals surface area contributed by atoms with E-state index in [9.17, 15) is 4.79 Å². The van der Waals surface area contributed by atoms with Crippen LogP contribution in [0.4, 0.5) is 0 Å². The van der Waals surface area contributed by atoms with Crippen molar-refractivity contribution in [3.8, 4) is 16.9 Å². The summed E-state index contributed by atoms with van der Waals surface area (Å²) in [5.74, 6) is 1.43. The summed E-state index contributed by atoms with van der Waals surface area (Å²) >= 11 is 1.49. The number of methoxy groups -OCH3 is 1. The number of ether oxygens (including phenoxy) is 1. The molecule has 5 nitrogen and oxygen atoms in total. The van der Waals surface area contributed by atoms with Gasteiger partial charge in [-0.25, -0.2) is 4.98 Å². The molecule has 27 heavy (non-hydrogen) atoms. The van der Waals surface area contributed by atoms with Gasteiger partial charge < -0.3 is 15.0 Å². The molecule has 0 aliphatic heterocycles. The number of nitrogens with zero attached hydrogens (tertiary/aromatic N) is 1. The van der Waals surface area contributed by atoms with Crippen LogP contribution in [0, 0.1) is 0 Å². The molecular formula is C21H19N3O2S. The molecule has 6 heteroatoms. The van der Waals surface area contributed by atoms with Crippen LogP contribution in [0.2, 0.25) is 0 Å². The van der Waals surface area contributed by atoms with Gasteiger partial charge in [-0.3, -0.25) is 4.79 Å². The summed E-state index contributed by atoms with van der Waals surface area (Å²) in [6.07, 6.45) is 0. The third-order valence-corrected chi connectivity index (χ3v) is 5.23. The average Bonchev–Trinajstić information content (AvgIpc) is 3.13. The smallest absolute Gasteiger partial charge is 0.260 e. The van der Waals surface area contributed by atoms with Crippen molar-refractivity contribution in [3.05, 3.63) is 81.7 Å². The maximum absolute atomic E-state index is 12.7. The van der Waals surface area contributed by atoms with Crippen molar-refractivity contribution in [2.45, 2.75) is 13.1 Å². The van der Waals surface area contributed by atoms with Crippen molar-refractivity contribution in [3.63, 3.8) is 0 Å². The minimum atomic E-state index is -0.108. The minimum Gasteiger partial charge on any atom is -0.497 e. The van der Waals surface area contributed by atoms with Gasteiger partial charge in [0.25, 0.3) is 5.56 Å². The second kappa shape index (κ2) is 7.73. The van der Waals surface area contributed by atoms with Crippen molar-refractivity contribution in [2.24, 2.45) is 0 Å². The highest BCUT2D eigenvalue weighted by Crippen LogP contribution is 2.31. The number of thiophene rings is 1. The number of hydrogen-bond acceptors (Lipinski definition) is 5. The number of H-pyrrole nitrogens is 1. The van der Waals surface area contributed by atoms with E-state index in [0.29, 0.717) is 17.8 Å².